The van der Waals surface area contributed by atoms with Gasteiger partial charge in [-0.15, -0.1) is 0 Å². The van der Waals surface area contributed by atoms with Gasteiger partial charge in [-0.25, -0.2) is 0 Å². The molecule has 1 aliphatic heterocycles. The van der Waals surface area contributed by atoms with Crippen molar-refractivity contribution in [3.63, 3.8) is 0 Å². The topological polar surface area (TPSA) is 0 Å². The maximum Gasteiger partial charge on any atom is 0.139 e. The molecule has 7 heavy (non-hydrogen) atoms. The van der Waals surface area contributed by atoms with Crippen LogP contribution in [0.25, 0.3) is 0 Å². The highest BCUT2D eigenvalue weighted by molar-refractivity contribution is 8.75. The van der Waals surface area contributed by atoms with Crippen LogP contribution < -0.4 is 0 Å². The molecule has 1 heterocycles. The molecule has 1 aliphatic rings. The van der Waals surface area contributed by atoms with Crippen molar-refractivity contribution in [1.82, 2.24) is 0 Å². The summed E-state index contributed by atoms with van der Waals surface area (Å²) >= 11 is 0. The molecule has 0 nitrogen and oxygen atoms in total. The van der Waals surface area contributed by atoms with Gasteiger partial charge in [0.25, 0.3) is 0 Å². The zero-order valence-electron chi connectivity index (χ0n) is 4.39. The predicted octanol–water partition coefficient (Wildman–Crippen LogP) is 1.80. The van der Waals surface area contributed by atoms with E-state index in [0.717, 1.165) is 0 Å². The van der Waals surface area contributed by atoms with Crippen LogP contribution in [-0.4, -0.2) is 11.5 Å². The van der Waals surface area contributed by atoms with Gasteiger partial charge in [0.2, 0.25) is 0 Å². The number of hydrogen-bond acceptors (Lipinski definition) is 1. The average Bonchev–Trinajstić information content (AvgIpc) is 2.14. The lowest BCUT2D eigenvalue weighted by Crippen LogP contribution is -1.96. The molecule has 1 unspecified atom stereocenters. The van der Waals surface area contributed by atoms with E-state index >= 15 is 0 Å². The highest BCUT2D eigenvalue weighted by Crippen LogP contribution is 2.23. The Balaban J connectivity index is 2.22. The molecule has 1 rings (SSSR count). The molecule has 0 aromatic rings. The largest absolute Gasteiger partial charge is 0.139 e. The minimum Gasteiger partial charge on any atom is -0.0236 e. The Labute approximate surface area is 51.1 Å². The van der Waals surface area contributed by atoms with E-state index in [1.165, 1.54) is 11.5 Å². The molecule has 0 aromatic carbocycles. The molecule has 0 aromatic heterocycles. The molecule has 40 valence electrons. The lowest BCUT2D eigenvalue weighted by Gasteiger charge is -1.87. The van der Waals surface area contributed by atoms with E-state index in [2.05, 4.69) is 18.4 Å². The summed E-state index contributed by atoms with van der Waals surface area (Å²) in [5.74, 6) is 2.67. The maximum absolute atomic E-state index is 2.26. The lowest BCUT2D eigenvalue weighted by atomic mass is 10.8. The summed E-state index contributed by atoms with van der Waals surface area (Å²) < 4.78 is 0. The Morgan fingerprint density at radius 2 is 2.71 bits per heavy atom. The smallest absolute Gasteiger partial charge is 0.0236 e. The number of hydrogen-bond donors (Lipinski definition) is 0. The first-order valence-corrected chi connectivity index (χ1v) is 5.39. The average molecular weight is 133 g/mol. The minimum absolute atomic E-state index is 0.671. The van der Waals surface area contributed by atoms with E-state index in [-0.39, 0.29) is 0 Å². The molecule has 0 amide bonds. The van der Waals surface area contributed by atoms with Gasteiger partial charge in [0.15, 0.2) is 0 Å². The van der Waals surface area contributed by atoms with E-state index < -0.39 is 0 Å². The van der Waals surface area contributed by atoms with Crippen molar-refractivity contribution in [2.45, 2.75) is 6.92 Å². The van der Waals surface area contributed by atoms with E-state index in [1.54, 1.807) is 0 Å². The molecule has 0 saturated carbocycles. The second-order valence-corrected chi connectivity index (χ2v) is 5.61. The van der Waals surface area contributed by atoms with Gasteiger partial charge in [0, 0.05) is 5.41 Å². The fourth-order valence-corrected chi connectivity index (χ4v) is 3.29. The Hall–Kier alpha value is 0.440. The van der Waals surface area contributed by atoms with Crippen LogP contribution in [0.1, 0.15) is 6.92 Å². The highest BCUT2D eigenvalue weighted by atomic mass is 33.1. The van der Waals surface area contributed by atoms with Crippen LogP contribution in [0.3, 0.4) is 0 Å². The Morgan fingerprint density at radius 3 is 3.00 bits per heavy atom. The van der Waals surface area contributed by atoms with Gasteiger partial charge in [-0.1, -0.05) is 0 Å². The molecular weight excluding hydrogens is 124 g/mol. The van der Waals surface area contributed by atoms with Crippen molar-refractivity contribution in [2.75, 3.05) is 11.5 Å². The van der Waals surface area contributed by atoms with E-state index in [1.807, 2.05) is 10.8 Å². The van der Waals surface area contributed by atoms with Crippen LogP contribution in [0.2, 0.25) is 0 Å². The van der Waals surface area contributed by atoms with Gasteiger partial charge in [0.05, 0.1) is 9.93 Å². The fourth-order valence-electron chi connectivity index (χ4n) is 0.490. The second kappa shape index (κ2) is 2.68. The molecule has 0 saturated heterocycles. The molecule has 0 bridgehead atoms. The molecular formula is C5H9S2+. The monoisotopic (exact) mass is 133 g/mol. The van der Waals surface area contributed by atoms with Crippen LogP contribution in [0.4, 0.5) is 0 Å². The minimum atomic E-state index is 0.671. The van der Waals surface area contributed by atoms with Crippen LogP contribution in [0, 0.1) is 0 Å². The molecule has 0 fully saturated rings. The Kier molecular flexibility index (Phi) is 2.13. The Bertz CT molecular complexity index is 70.1. The lowest BCUT2D eigenvalue weighted by molar-refractivity contribution is 1.51. The van der Waals surface area contributed by atoms with Gasteiger partial charge in [-0.3, -0.25) is 0 Å². The standard InChI is InChI=1S/C5H9S2/c1-2-7-5-3-4-6-7/h3-4H,2,5H2,1H3/q+1. The van der Waals surface area contributed by atoms with E-state index in [0.29, 0.717) is 9.93 Å². The van der Waals surface area contributed by atoms with Gasteiger partial charge in [-0.05, 0) is 13.0 Å². The van der Waals surface area contributed by atoms with E-state index in [4.69, 9.17) is 0 Å². The first kappa shape index (κ1) is 5.57. The van der Waals surface area contributed by atoms with Gasteiger partial charge in [0.1, 0.15) is 22.3 Å². The van der Waals surface area contributed by atoms with Crippen molar-refractivity contribution in [3.8, 4) is 0 Å². The quantitative estimate of drug-likeness (QED) is 0.388. The predicted molar refractivity (Wildman–Crippen MR) is 39.5 cm³/mol. The van der Waals surface area contributed by atoms with Gasteiger partial charge < -0.3 is 0 Å². The zero-order chi connectivity index (χ0) is 5.11. The van der Waals surface area contributed by atoms with Crippen molar-refractivity contribution in [3.05, 3.63) is 11.5 Å². The van der Waals surface area contributed by atoms with Crippen molar-refractivity contribution >= 4 is 20.7 Å². The van der Waals surface area contributed by atoms with Gasteiger partial charge in [-0.2, -0.15) is 0 Å². The third-order valence-corrected chi connectivity index (χ3v) is 4.94. The first-order chi connectivity index (χ1) is 3.43. The van der Waals surface area contributed by atoms with Crippen LogP contribution in [0.15, 0.2) is 11.5 Å². The summed E-state index contributed by atoms with van der Waals surface area (Å²) in [7, 11) is 2.66. The summed E-state index contributed by atoms with van der Waals surface area (Å²) in [4.78, 5) is 0. The molecule has 0 spiro atoms. The second-order valence-electron chi connectivity index (χ2n) is 1.36. The summed E-state index contributed by atoms with van der Waals surface area (Å²) in [5.41, 5.74) is 0. The zero-order valence-corrected chi connectivity index (χ0v) is 6.02. The summed E-state index contributed by atoms with van der Waals surface area (Å²) in [6, 6.07) is 0. The molecule has 1 atom stereocenters. The maximum atomic E-state index is 2.26. The third kappa shape index (κ3) is 1.42. The summed E-state index contributed by atoms with van der Waals surface area (Å²) in [6.45, 7) is 2.25. The van der Waals surface area contributed by atoms with E-state index in [9.17, 15) is 0 Å². The molecule has 0 N–H and O–H groups in total. The van der Waals surface area contributed by atoms with Crippen molar-refractivity contribution in [2.24, 2.45) is 0 Å². The highest BCUT2D eigenvalue weighted by Gasteiger charge is 2.17. The van der Waals surface area contributed by atoms with Crippen LogP contribution in [0.5, 0.6) is 0 Å². The van der Waals surface area contributed by atoms with Crippen molar-refractivity contribution < 1.29 is 0 Å². The molecule has 2 heteroatoms. The normalized spacial score (nSPS) is 29.0. The van der Waals surface area contributed by atoms with Gasteiger partial charge >= 0.3 is 0 Å². The summed E-state index contributed by atoms with van der Waals surface area (Å²) in [6.07, 6.45) is 2.26. The number of rotatable bonds is 1. The fraction of sp³-hybridized carbons (Fsp3) is 0.600. The third-order valence-electron chi connectivity index (χ3n) is 0.892. The molecule has 0 radical (unpaired) electrons. The SMILES string of the molecule is CC[S+]1CC=CS1. The molecule has 0 aliphatic carbocycles. The first-order valence-electron chi connectivity index (χ1n) is 2.43. The summed E-state index contributed by atoms with van der Waals surface area (Å²) in [5, 5.41) is 2.21. The van der Waals surface area contributed by atoms with Crippen LogP contribution in [-0.2, 0) is 9.93 Å². The van der Waals surface area contributed by atoms with Crippen LogP contribution >= 0.6 is 10.8 Å². The van der Waals surface area contributed by atoms with Crippen molar-refractivity contribution in [1.29, 1.82) is 0 Å². The Morgan fingerprint density at radius 1 is 1.86 bits per heavy atom.